The van der Waals surface area contributed by atoms with Crippen molar-refractivity contribution in [3.63, 3.8) is 0 Å². The molecule has 0 unspecified atom stereocenters. The zero-order valence-electron chi connectivity index (χ0n) is 12.6. The van der Waals surface area contributed by atoms with Crippen molar-refractivity contribution >= 4 is 68.8 Å². The van der Waals surface area contributed by atoms with Gasteiger partial charge in [0, 0.05) is 13.0 Å². The van der Waals surface area contributed by atoms with E-state index in [1.165, 1.54) is 23.8 Å². The summed E-state index contributed by atoms with van der Waals surface area (Å²) in [5, 5.41) is 18.5. The number of carboxylic acid groups (broad SMARTS) is 1. The predicted molar refractivity (Wildman–Crippen MR) is 104 cm³/mol. The molecular weight excluding hydrogens is 465 g/mol. The Balaban J connectivity index is 2.19. The van der Waals surface area contributed by atoms with Crippen LogP contribution in [-0.2, 0) is 9.59 Å². The quantitative estimate of drug-likeness (QED) is 0.369. The van der Waals surface area contributed by atoms with Crippen LogP contribution >= 0.6 is 46.6 Å². The minimum Gasteiger partial charge on any atom is -0.504 e. The van der Waals surface area contributed by atoms with Gasteiger partial charge in [0.15, 0.2) is 11.5 Å². The smallest absolute Gasteiger partial charge is 0.303 e. The molecule has 0 saturated carbocycles. The summed E-state index contributed by atoms with van der Waals surface area (Å²) < 4.78 is 6.13. The van der Waals surface area contributed by atoms with Crippen molar-refractivity contribution < 1.29 is 24.5 Å². The maximum absolute atomic E-state index is 12.4. The number of hydrogen-bond acceptors (Lipinski definition) is 6. The van der Waals surface area contributed by atoms with Gasteiger partial charge in [0.25, 0.3) is 5.91 Å². The number of hydrogen-bond donors (Lipinski definition) is 2. The summed E-state index contributed by atoms with van der Waals surface area (Å²) in [5.41, 5.74) is 0.708. The molecule has 1 aliphatic rings. The lowest BCUT2D eigenvalue weighted by atomic mass is 10.2. The fourth-order valence-electron chi connectivity index (χ4n) is 2.07. The SMILES string of the molecule is COc1cc(/C=C2\SC(=S)N(CCCC(=O)O)C2=O)cc(I)c1O. The second kappa shape index (κ2) is 8.17. The Morgan fingerprint density at radius 1 is 1.50 bits per heavy atom. The Morgan fingerprint density at radius 3 is 2.83 bits per heavy atom. The molecule has 1 aromatic rings. The van der Waals surface area contributed by atoms with Gasteiger partial charge in [-0.1, -0.05) is 24.0 Å². The molecule has 0 atom stereocenters. The third-order valence-electron chi connectivity index (χ3n) is 3.21. The largest absolute Gasteiger partial charge is 0.504 e. The van der Waals surface area contributed by atoms with Gasteiger partial charge >= 0.3 is 5.97 Å². The fraction of sp³-hybridized carbons (Fsp3) is 0.267. The Labute approximate surface area is 162 Å². The number of amides is 1. The second-order valence-corrected chi connectivity index (χ2v) is 7.72. The molecule has 0 bridgehead atoms. The Morgan fingerprint density at radius 2 is 2.21 bits per heavy atom. The molecular formula is C15H14INO5S2. The Bertz CT molecular complexity index is 735. The Hall–Kier alpha value is -1.33. The summed E-state index contributed by atoms with van der Waals surface area (Å²) in [6.07, 6.45) is 2.02. The molecule has 1 heterocycles. The van der Waals surface area contributed by atoms with E-state index in [2.05, 4.69) is 0 Å². The number of halogens is 1. The number of aliphatic carboxylic acids is 1. The minimum atomic E-state index is -0.901. The standard InChI is InChI=1S/C15H14INO5S2/c1-22-10-6-8(5-9(16)13(10)20)7-11-14(21)17(15(23)24-11)4-2-3-12(18)19/h5-7,20H,2-4H2,1H3,(H,18,19)/b11-7-. The van der Waals surface area contributed by atoms with Gasteiger partial charge in [-0.05, 0) is 52.8 Å². The highest BCUT2D eigenvalue weighted by Crippen LogP contribution is 2.36. The Kier molecular flexibility index (Phi) is 6.47. The van der Waals surface area contributed by atoms with E-state index in [1.807, 2.05) is 22.6 Å². The molecule has 24 heavy (non-hydrogen) atoms. The average molecular weight is 479 g/mol. The van der Waals surface area contributed by atoms with Crippen molar-refractivity contribution in [1.29, 1.82) is 0 Å². The zero-order valence-corrected chi connectivity index (χ0v) is 16.4. The molecule has 6 nitrogen and oxygen atoms in total. The zero-order chi connectivity index (χ0) is 17.9. The predicted octanol–water partition coefficient (Wildman–Crippen LogP) is 3.07. The summed E-state index contributed by atoms with van der Waals surface area (Å²) in [4.78, 5) is 24.9. The van der Waals surface area contributed by atoms with E-state index >= 15 is 0 Å². The van der Waals surface area contributed by atoms with Gasteiger partial charge in [-0.2, -0.15) is 0 Å². The number of nitrogens with zero attached hydrogens (tertiary/aromatic N) is 1. The van der Waals surface area contributed by atoms with Crippen LogP contribution in [0.2, 0.25) is 0 Å². The van der Waals surface area contributed by atoms with Crippen LogP contribution in [0.5, 0.6) is 11.5 Å². The van der Waals surface area contributed by atoms with Crippen molar-refractivity contribution in [3.8, 4) is 11.5 Å². The number of carbonyl (C=O) groups excluding carboxylic acids is 1. The van der Waals surface area contributed by atoms with Crippen molar-refractivity contribution in [2.24, 2.45) is 0 Å². The lowest BCUT2D eigenvalue weighted by molar-refractivity contribution is -0.137. The minimum absolute atomic E-state index is 0.0105. The summed E-state index contributed by atoms with van der Waals surface area (Å²) in [6, 6.07) is 3.36. The number of carbonyl (C=O) groups is 2. The van der Waals surface area contributed by atoms with Crippen molar-refractivity contribution in [2.75, 3.05) is 13.7 Å². The van der Waals surface area contributed by atoms with Gasteiger partial charge in [0.05, 0.1) is 15.6 Å². The molecule has 2 N–H and O–H groups in total. The molecule has 0 spiro atoms. The van der Waals surface area contributed by atoms with Crippen molar-refractivity contribution in [2.45, 2.75) is 12.8 Å². The molecule has 1 amide bonds. The van der Waals surface area contributed by atoms with Gasteiger partial charge < -0.3 is 14.9 Å². The van der Waals surface area contributed by atoms with E-state index in [9.17, 15) is 14.7 Å². The van der Waals surface area contributed by atoms with Crippen LogP contribution in [0.3, 0.4) is 0 Å². The fourth-order valence-corrected chi connectivity index (χ4v) is 4.00. The lowest BCUT2D eigenvalue weighted by Gasteiger charge is -2.13. The normalized spacial score (nSPS) is 16.1. The number of phenolic OH excluding ortho intramolecular Hbond substituents is 1. The molecule has 1 fully saturated rings. The first kappa shape index (κ1) is 19.0. The summed E-state index contributed by atoms with van der Waals surface area (Å²) in [5.74, 6) is -0.763. The maximum atomic E-state index is 12.4. The van der Waals surface area contributed by atoms with Crippen LogP contribution in [0.1, 0.15) is 18.4 Å². The molecule has 128 valence electrons. The number of ether oxygens (including phenoxy) is 1. The summed E-state index contributed by atoms with van der Waals surface area (Å²) >= 11 is 8.35. The molecule has 1 aromatic carbocycles. The van der Waals surface area contributed by atoms with E-state index in [-0.39, 0.29) is 24.6 Å². The average Bonchev–Trinajstić information content (AvgIpc) is 2.77. The first-order valence-electron chi connectivity index (χ1n) is 6.87. The number of aromatic hydroxyl groups is 1. The first-order valence-corrected chi connectivity index (χ1v) is 9.17. The van der Waals surface area contributed by atoms with Gasteiger partial charge in [-0.25, -0.2) is 0 Å². The number of phenols is 1. The van der Waals surface area contributed by atoms with Crippen LogP contribution < -0.4 is 4.74 Å². The molecule has 2 rings (SSSR count). The maximum Gasteiger partial charge on any atom is 0.303 e. The van der Waals surface area contributed by atoms with Crippen LogP contribution in [0.4, 0.5) is 0 Å². The number of thiocarbonyl (C=S) groups is 1. The van der Waals surface area contributed by atoms with E-state index in [0.29, 0.717) is 30.5 Å². The highest BCUT2D eigenvalue weighted by molar-refractivity contribution is 14.1. The molecule has 0 aromatic heterocycles. The lowest BCUT2D eigenvalue weighted by Crippen LogP contribution is -2.29. The van der Waals surface area contributed by atoms with Crippen molar-refractivity contribution in [3.05, 3.63) is 26.2 Å². The highest BCUT2D eigenvalue weighted by atomic mass is 127. The number of thioether (sulfide) groups is 1. The first-order chi connectivity index (χ1) is 11.3. The molecule has 0 aliphatic carbocycles. The van der Waals surface area contributed by atoms with Crippen LogP contribution in [-0.4, -0.2) is 45.0 Å². The van der Waals surface area contributed by atoms with E-state index in [1.54, 1.807) is 18.2 Å². The van der Waals surface area contributed by atoms with Crippen LogP contribution in [0.15, 0.2) is 17.0 Å². The second-order valence-electron chi connectivity index (χ2n) is 4.88. The van der Waals surface area contributed by atoms with E-state index < -0.39 is 5.97 Å². The number of methoxy groups -OCH3 is 1. The summed E-state index contributed by atoms with van der Waals surface area (Å²) in [6.45, 7) is 0.282. The third kappa shape index (κ3) is 4.39. The van der Waals surface area contributed by atoms with Gasteiger partial charge in [0.2, 0.25) is 0 Å². The summed E-state index contributed by atoms with van der Waals surface area (Å²) in [7, 11) is 1.46. The number of benzene rings is 1. The van der Waals surface area contributed by atoms with Crippen molar-refractivity contribution in [1.82, 2.24) is 4.90 Å². The number of rotatable bonds is 6. The van der Waals surface area contributed by atoms with E-state index in [0.717, 1.165) is 0 Å². The van der Waals surface area contributed by atoms with Gasteiger partial charge in [-0.15, -0.1) is 0 Å². The monoisotopic (exact) mass is 479 g/mol. The number of carboxylic acids is 1. The molecule has 9 heteroatoms. The van der Waals surface area contributed by atoms with Gasteiger partial charge in [-0.3, -0.25) is 14.5 Å². The topological polar surface area (TPSA) is 87.1 Å². The highest BCUT2D eigenvalue weighted by Gasteiger charge is 2.31. The van der Waals surface area contributed by atoms with Crippen LogP contribution in [0, 0.1) is 3.57 Å². The molecule has 0 radical (unpaired) electrons. The van der Waals surface area contributed by atoms with E-state index in [4.69, 9.17) is 22.1 Å². The van der Waals surface area contributed by atoms with Crippen LogP contribution in [0.25, 0.3) is 6.08 Å². The molecule has 1 saturated heterocycles. The molecule has 1 aliphatic heterocycles. The van der Waals surface area contributed by atoms with Gasteiger partial charge in [0.1, 0.15) is 4.32 Å². The third-order valence-corrected chi connectivity index (χ3v) is 5.41.